The Morgan fingerprint density at radius 3 is 2.50 bits per heavy atom. The van der Waals surface area contributed by atoms with E-state index < -0.39 is 0 Å². The highest BCUT2D eigenvalue weighted by atomic mass is 79.9. The third-order valence-corrected chi connectivity index (χ3v) is 2.52. The van der Waals surface area contributed by atoms with Crippen LogP contribution in [0.3, 0.4) is 0 Å². The number of halogens is 1. The number of ether oxygens (including phenoxy) is 2. The van der Waals surface area contributed by atoms with Crippen molar-refractivity contribution in [3.8, 4) is 22.8 Å². The zero-order valence-electron chi connectivity index (χ0n) is 8.86. The second-order valence-electron chi connectivity index (χ2n) is 3.06. The summed E-state index contributed by atoms with van der Waals surface area (Å²) in [6.07, 6.45) is 1.57. The number of hydrogen-bond acceptors (Lipinski definition) is 4. The maximum atomic E-state index is 5.21. The van der Waals surface area contributed by atoms with E-state index in [0.29, 0.717) is 16.3 Å². The molecule has 2 rings (SSSR count). The number of oxazole rings is 1. The summed E-state index contributed by atoms with van der Waals surface area (Å²) in [5.74, 6) is 1.35. The third-order valence-electron chi connectivity index (χ3n) is 2.16. The molecule has 1 heterocycles. The van der Waals surface area contributed by atoms with E-state index in [0.717, 1.165) is 11.3 Å². The van der Waals surface area contributed by atoms with Gasteiger partial charge in [0, 0.05) is 21.5 Å². The first kappa shape index (κ1) is 11.0. The van der Waals surface area contributed by atoms with Crippen LogP contribution in [0.4, 0.5) is 0 Å². The molecule has 0 saturated heterocycles. The van der Waals surface area contributed by atoms with Gasteiger partial charge < -0.3 is 13.9 Å². The molecule has 1 aromatic carbocycles. The second kappa shape index (κ2) is 4.57. The molecule has 0 aliphatic carbocycles. The predicted molar refractivity (Wildman–Crippen MR) is 62.7 cm³/mol. The van der Waals surface area contributed by atoms with Crippen LogP contribution in [0.1, 0.15) is 0 Å². The summed E-state index contributed by atoms with van der Waals surface area (Å²) in [5, 5.41) is 0. The molecule has 0 atom stereocenters. The Morgan fingerprint density at radius 2 is 1.94 bits per heavy atom. The number of nitrogens with zero attached hydrogens (tertiary/aromatic N) is 1. The van der Waals surface area contributed by atoms with Gasteiger partial charge >= 0.3 is 0 Å². The minimum Gasteiger partial charge on any atom is -0.493 e. The van der Waals surface area contributed by atoms with Crippen molar-refractivity contribution in [2.45, 2.75) is 0 Å². The molecule has 0 fully saturated rings. The maximum Gasteiger partial charge on any atom is 0.264 e. The number of aromatic nitrogens is 1. The first-order valence-corrected chi connectivity index (χ1v) is 5.37. The fourth-order valence-electron chi connectivity index (χ4n) is 1.38. The largest absolute Gasteiger partial charge is 0.493 e. The molecule has 1 aromatic heterocycles. The molecular weight excluding hydrogens is 274 g/mol. The Kier molecular flexibility index (Phi) is 3.14. The lowest BCUT2D eigenvalue weighted by Crippen LogP contribution is -1.90. The number of rotatable bonds is 3. The van der Waals surface area contributed by atoms with Crippen LogP contribution in [0.5, 0.6) is 11.5 Å². The Balaban J connectivity index is 2.43. The fourth-order valence-corrected chi connectivity index (χ4v) is 1.66. The van der Waals surface area contributed by atoms with Crippen LogP contribution in [0.15, 0.2) is 33.7 Å². The van der Waals surface area contributed by atoms with E-state index in [-0.39, 0.29) is 0 Å². The Labute approximate surface area is 101 Å². The van der Waals surface area contributed by atoms with Gasteiger partial charge in [0.2, 0.25) is 0 Å². The minimum atomic E-state index is 0.456. The highest BCUT2D eigenvalue weighted by Crippen LogP contribution is 2.32. The smallest absolute Gasteiger partial charge is 0.264 e. The van der Waals surface area contributed by atoms with E-state index in [1.165, 1.54) is 0 Å². The van der Waals surface area contributed by atoms with Gasteiger partial charge in [0.05, 0.1) is 14.2 Å². The van der Waals surface area contributed by atoms with Crippen molar-refractivity contribution in [3.05, 3.63) is 29.3 Å². The first-order chi connectivity index (χ1) is 7.74. The van der Waals surface area contributed by atoms with Crippen LogP contribution in [0.25, 0.3) is 11.3 Å². The van der Waals surface area contributed by atoms with Gasteiger partial charge in [-0.2, -0.15) is 0 Å². The van der Waals surface area contributed by atoms with E-state index in [9.17, 15) is 0 Å². The maximum absolute atomic E-state index is 5.21. The number of hydrogen-bond donors (Lipinski definition) is 0. The van der Waals surface area contributed by atoms with E-state index in [4.69, 9.17) is 13.9 Å². The first-order valence-electron chi connectivity index (χ1n) is 4.58. The standard InChI is InChI=1S/C11H10BrNO3/c1-14-9-4-3-7(5-10(9)15-2)8-6-16-11(12)13-8/h3-6H,1-2H3. The molecule has 0 N–H and O–H groups in total. The summed E-state index contributed by atoms with van der Waals surface area (Å²) in [5.41, 5.74) is 1.65. The van der Waals surface area contributed by atoms with Crippen LogP contribution in [0, 0.1) is 0 Å². The van der Waals surface area contributed by atoms with Crippen molar-refractivity contribution in [1.29, 1.82) is 0 Å². The Bertz CT molecular complexity index is 496. The fraction of sp³-hybridized carbons (Fsp3) is 0.182. The average molecular weight is 284 g/mol. The lowest BCUT2D eigenvalue weighted by molar-refractivity contribution is 0.355. The number of methoxy groups -OCH3 is 2. The average Bonchev–Trinajstić information content (AvgIpc) is 2.75. The van der Waals surface area contributed by atoms with Crippen LogP contribution in [-0.4, -0.2) is 19.2 Å². The predicted octanol–water partition coefficient (Wildman–Crippen LogP) is 3.12. The molecule has 0 aliphatic rings. The van der Waals surface area contributed by atoms with E-state index in [2.05, 4.69) is 20.9 Å². The zero-order chi connectivity index (χ0) is 11.5. The molecule has 84 valence electrons. The molecule has 4 nitrogen and oxygen atoms in total. The van der Waals surface area contributed by atoms with Gasteiger partial charge in [0.15, 0.2) is 11.5 Å². The summed E-state index contributed by atoms with van der Waals surface area (Å²) >= 11 is 3.16. The summed E-state index contributed by atoms with van der Waals surface area (Å²) in [7, 11) is 3.20. The monoisotopic (exact) mass is 283 g/mol. The Morgan fingerprint density at radius 1 is 1.19 bits per heavy atom. The van der Waals surface area contributed by atoms with Gasteiger partial charge in [-0.1, -0.05) is 0 Å². The highest BCUT2D eigenvalue weighted by Gasteiger charge is 2.08. The van der Waals surface area contributed by atoms with E-state index >= 15 is 0 Å². The summed E-state index contributed by atoms with van der Waals surface area (Å²) in [6, 6.07) is 5.57. The molecule has 2 aromatic rings. The molecular formula is C11H10BrNO3. The van der Waals surface area contributed by atoms with Crippen molar-refractivity contribution >= 4 is 15.9 Å². The quantitative estimate of drug-likeness (QED) is 0.868. The van der Waals surface area contributed by atoms with Gasteiger partial charge in [-0.25, -0.2) is 4.98 Å². The van der Waals surface area contributed by atoms with E-state index in [1.54, 1.807) is 20.5 Å². The zero-order valence-corrected chi connectivity index (χ0v) is 10.4. The van der Waals surface area contributed by atoms with Crippen LogP contribution >= 0.6 is 15.9 Å². The molecule has 16 heavy (non-hydrogen) atoms. The molecule has 0 amide bonds. The van der Waals surface area contributed by atoms with Crippen molar-refractivity contribution in [2.75, 3.05) is 14.2 Å². The second-order valence-corrected chi connectivity index (χ2v) is 3.73. The summed E-state index contributed by atoms with van der Waals surface area (Å²) in [6.45, 7) is 0. The van der Waals surface area contributed by atoms with E-state index in [1.807, 2.05) is 18.2 Å². The molecule has 0 radical (unpaired) electrons. The van der Waals surface area contributed by atoms with Crippen LogP contribution in [-0.2, 0) is 0 Å². The lowest BCUT2D eigenvalue weighted by atomic mass is 10.1. The normalized spacial score (nSPS) is 10.2. The van der Waals surface area contributed by atoms with Gasteiger partial charge in [-0.05, 0) is 18.2 Å². The van der Waals surface area contributed by atoms with Crippen molar-refractivity contribution in [2.24, 2.45) is 0 Å². The van der Waals surface area contributed by atoms with Gasteiger partial charge in [0.1, 0.15) is 12.0 Å². The molecule has 5 heteroatoms. The Hall–Kier alpha value is -1.49. The molecule has 0 aliphatic heterocycles. The van der Waals surface area contributed by atoms with Crippen molar-refractivity contribution in [3.63, 3.8) is 0 Å². The SMILES string of the molecule is COc1ccc(-c2coc(Br)n2)cc1OC. The molecule has 0 saturated carbocycles. The topological polar surface area (TPSA) is 44.5 Å². The van der Waals surface area contributed by atoms with Crippen molar-refractivity contribution < 1.29 is 13.9 Å². The highest BCUT2D eigenvalue weighted by molar-refractivity contribution is 9.10. The van der Waals surface area contributed by atoms with Gasteiger partial charge in [0.25, 0.3) is 4.80 Å². The minimum absolute atomic E-state index is 0.456. The van der Waals surface area contributed by atoms with Crippen LogP contribution in [0.2, 0.25) is 0 Å². The summed E-state index contributed by atoms with van der Waals surface area (Å²) < 4.78 is 15.4. The van der Waals surface area contributed by atoms with Gasteiger partial charge in [-0.15, -0.1) is 0 Å². The molecule has 0 spiro atoms. The summed E-state index contributed by atoms with van der Waals surface area (Å²) in [4.78, 5) is 4.62. The lowest BCUT2D eigenvalue weighted by Gasteiger charge is -2.07. The molecule has 0 unspecified atom stereocenters. The number of benzene rings is 1. The van der Waals surface area contributed by atoms with Crippen LogP contribution < -0.4 is 9.47 Å². The van der Waals surface area contributed by atoms with Gasteiger partial charge in [-0.3, -0.25) is 0 Å². The molecule has 0 bridgehead atoms. The third kappa shape index (κ3) is 2.04. The van der Waals surface area contributed by atoms with Crippen molar-refractivity contribution in [1.82, 2.24) is 4.98 Å².